The summed E-state index contributed by atoms with van der Waals surface area (Å²) < 4.78 is 0. The molecule has 0 N–H and O–H groups in total. The maximum Gasteiger partial charge on any atom is 0.0258 e. The summed E-state index contributed by atoms with van der Waals surface area (Å²) in [4.78, 5) is 0. The number of rotatable bonds is 21. The van der Waals surface area contributed by atoms with E-state index >= 15 is 0 Å². The molecule has 0 heterocycles. The van der Waals surface area contributed by atoms with Gasteiger partial charge in [0.05, 0.1) is 0 Å². The van der Waals surface area contributed by atoms with Gasteiger partial charge in [0, 0.05) is 33.0 Å². The zero-order chi connectivity index (χ0) is 95.7. The van der Waals surface area contributed by atoms with Gasteiger partial charge in [0.15, 0.2) is 0 Å². The third-order valence-corrected chi connectivity index (χ3v) is 35.2. The lowest BCUT2D eigenvalue weighted by Gasteiger charge is -2.38. The third kappa shape index (κ3) is 16.7. The molecule has 12 aliphatic rings. The van der Waals surface area contributed by atoms with Crippen molar-refractivity contribution in [3.05, 3.63) is 385 Å². The van der Waals surface area contributed by atoms with Crippen LogP contribution >= 0.6 is 0 Å². The third-order valence-electron chi connectivity index (χ3n) is 35.2. The Kier molecular flexibility index (Phi) is 26.8. The van der Waals surface area contributed by atoms with Crippen LogP contribution < -0.4 is 0 Å². The van der Waals surface area contributed by atoms with Crippen molar-refractivity contribution in [2.24, 2.45) is 17.8 Å². The Hall–Kier alpha value is -10.9. The first kappa shape index (κ1) is 95.0. The average Bonchev–Trinajstić information content (AvgIpc) is 1.56. The van der Waals surface area contributed by atoms with E-state index in [2.05, 4.69) is 393 Å². The summed E-state index contributed by atoms with van der Waals surface area (Å²) in [5.74, 6) is 3.05. The number of allylic oxidation sites excluding steroid dienone is 6. The van der Waals surface area contributed by atoms with Crippen molar-refractivity contribution in [2.45, 2.75) is 326 Å². The average molecular weight is 1800 g/mol. The summed E-state index contributed by atoms with van der Waals surface area (Å²) in [6, 6.07) is 70.1. The van der Waals surface area contributed by atoms with E-state index in [9.17, 15) is 0 Å². The van der Waals surface area contributed by atoms with Crippen LogP contribution in [-0.2, 0) is 27.1 Å². The maximum absolute atomic E-state index is 2.49. The molecule has 12 aromatic carbocycles. The van der Waals surface area contributed by atoms with Crippen molar-refractivity contribution in [3.8, 4) is 66.8 Å². The Morgan fingerprint density at radius 3 is 1.10 bits per heavy atom. The molecule has 0 saturated heterocycles. The van der Waals surface area contributed by atoms with Crippen LogP contribution in [0.1, 0.15) is 382 Å². The second kappa shape index (κ2) is 38.7. The fourth-order valence-electron chi connectivity index (χ4n) is 27.8. The second-order valence-corrected chi connectivity index (χ2v) is 45.0. The van der Waals surface area contributed by atoms with Crippen molar-refractivity contribution >= 4 is 36.5 Å². The van der Waals surface area contributed by atoms with Crippen LogP contribution in [-0.4, -0.2) is 0 Å². The minimum absolute atomic E-state index is 0.173. The van der Waals surface area contributed by atoms with Crippen molar-refractivity contribution in [2.75, 3.05) is 0 Å². The van der Waals surface area contributed by atoms with Crippen molar-refractivity contribution in [1.29, 1.82) is 0 Å². The van der Waals surface area contributed by atoms with Crippen LogP contribution in [0.4, 0.5) is 0 Å². The summed E-state index contributed by atoms with van der Waals surface area (Å²) in [5.41, 5.74) is 63.2. The van der Waals surface area contributed by atoms with Gasteiger partial charge in [-0.25, -0.2) is 0 Å². The molecule has 8 atom stereocenters. The first-order valence-electron chi connectivity index (χ1n) is 53.8. The van der Waals surface area contributed by atoms with Crippen LogP contribution in [0.5, 0.6) is 0 Å². The summed E-state index contributed by atoms with van der Waals surface area (Å²) in [7, 11) is 0. The Morgan fingerprint density at radius 1 is 0.285 bits per heavy atom. The predicted molar refractivity (Wildman–Crippen MR) is 595 cm³/mol. The molecule has 0 aliphatic heterocycles. The molecule has 12 aliphatic carbocycles. The van der Waals surface area contributed by atoms with E-state index in [1.807, 2.05) is 0 Å². The molecule has 0 spiro atoms. The zero-order valence-corrected chi connectivity index (χ0v) is 87.0. The SMILES string of the molecule is CCC12CC=Cc3c(C)ccc(c31)-c1ccc(C)cc12.CCCCC(CC)CC12CC=Cc3c(C)ccc(c31)-c1ccc(C)cc12.CCCCCCCCC12CC=Cc3c(C)ccc(c31)-c1ccc(C)cc12.Cc1ccc2c(c1)C1(C)CC=Cc3c(C)ccc-2c31.Cc1ccc2c(c1)C1(CCC(C)CCCC(C)C)CC=Cc3c(C)ccc-2c31.Cc1ccc2c(c1)C1CC=Cc3c(C)ccc-2c31. The topological polar surface area (TPSA) is 0 Å². The highest BCUT2D eigenvalue weighted by Gasteiger charge is 2.51. The fraction of sp³-hybridized carbons (Fsp3) is 0.387. The molecule has 12 aromatic rings. The van der Waals surface area contributed by atoms with Crippen molar-refractivity contribution in [3.63, 3.8) is 0 Å². The molecule has 0 radical (unpaired) electrons. The Morgan fingerprint density at radius 2 is 0.635 bits per heavy atom. The van der Waals surface area contributed by atoms with Gasteiger partial charge in [-0.1, -0.05) is 427 Å². The molecule has 8 unspecified atom stereocenters. The monoisotopic (exact) mass is 1800 g/mol. The number of unbranched alkanes of at least 4 members (excludes halogenated alkanes) is 6. The van der Waals surface area contributed by atoms with Gasteiger partial charge in [-0.3, -0.25) is 0 Å². The van der Waals surface area contributed by atoms with Gasteiger partial charge in [0.25, 0.3) is 0 Å². The Balaban J connectivity index is 0.000000106. The van der Waals surface area contributed by atoms with Crippen LogP contribution in [0.25, 0.3) is 103 Å². The molecular formula is C137H154. The van der Waals surface area contributed by atoms with Gasteiger partial charge in [0.1, 0.15) is 0 Å². The minimum atomic E-state index is 0.173. The van der Waals surface area contributed by atoms with Crippen molar-refractivity contribution < 1.29 is 0 Å². The quantitative estimate of drug-likeness (QED) is 0.0629. The van der Waals surface area contributed by atoms with Gasteiger partial charge in [-0.15, -0.1) is 0 Å². The summed E-state index contributed by atoms with van der Waals surface area (Å²) in [6.45, 7) is 45.7. The van der Waals surface area contributed by atoms with Gasteiger partial charge < -0.3 is 0 Å². The smallest absolute Gasteiger partial charge is 0.0258 e. The van der Waals surface area contributed by atoms with Crippen LogP contribution in [0.3, 0.4) is 0 Å². The Bertz CT molecular complexity index is 6890. The van der Waals surface area contributed by atoms with E-state index in [4.69, 9.17) is 0 Å². The van der Waals surface area contributed by atoms with Crippen LogP contribution in [0.15, 0.2) is 218 Å². The van der Waals surface area contributed by atoms with E-state index in [1.54, 1.807) is 55.6 Å². The molecule has 702 valence electrons. The molecule has 0 fully saturated rings. The lowest BCUT2D eigenvalue weighted by molar-refractivity contribution is 0.331. The highest BCUT2D eigenvalue weighted by atomic mass is 14.5. The second-order valence-electron chi connectivity index (χ2n) is 45.0. The summed E-state index contributed by atoms with van der Waals surface area (Å²) in [6.07, 6.45) is 59.5. The number of fused-ring (bicyclic) bond motifs is 18. The summed E-state index contributed by atoms with van der Waals surface area (Å²) in [5, 5.41) is 0. The molecule has 0 nitrogen and oxygen atoms in total. The Labute approximate surface area is 826 Å². The molecule has 24 rings (SSSR count). The first-order chi connectivity index (χ1) is 66.2. The fourth-order valence-corrected chi connectivity index (χ4v) is 27.8. The summed E-state index contributed by atoms with van der Waals surface area (Å²) >= 11 is 0. The molecule has 0 amide bonds. The van der Waals surface area contributed by atoms with Crippen LogP contribution in [0, 0.1) is 101 Å². The lowest BCUT2D eigenvalue weighted by Crippen LogP contribution is -2.30. The van der Waals surface area contributed by atoms with Gasteiger partial charge in [0.2, 0.25) is 0 Å². The van der Waals surface area contributed by atoms with E-state index < -0.39 is 0 Å². The van der Waals surface area contributed by atoms with Gasteiger partial charge >= 0.3 is 0 Å². The lowest BCUT2D eigenvalue weighted by atomic mass is 9.65. The van der Waals surface area contributed by atoms with E-state index in [1.165, 1.54) is 300 Å². The molecule has 137 heavy (non-hydrogen) atoms. The van der Waals surface area contributed by atoms with E-state index in [0.717, 1.165) is 49.9 Å². The highest BCUT2D eigenvalue weighted by Crippen LogP contribution is 2.64. The normalized spacial score (nSPS) is 20.5. The molecule has 0 saturated carbocycles. The predicted octanol–water partition coefficient (Wildman–Crippen LogP) is 38.8. The largest absolute Gasteiger partial charge is 0.0830 e. The number of hydrogen-bond donors (Lipinski definition) is 0. The number of hydrogen-bond acceptors (Lipinski definition) is 0. The highest BCUT2D eigenvalue weighted by molar-refractivity contribution is 5.94. The number of aryl methyl sites for hydroxylation is 12. The van der Waals surface area contributed by atoms with Crippen molar-refractivity contribution in [1.82, 2.24) is 0 Å². The van der Waals surface area contributed by atoms with Gasteiger partial charge in [-0.05, 0) is 372 Å². The zero-order valence-electron chi connectivity index (χ0n) is 87.0. The molecular weight excluding hydrogens is 1650 g/mol. The maximum atomic E-state index is 2.49. The van der Waals surface area contributed by atoms with Gasteiger partial charge in [-0.2, -0.15) is 0 Å². The number of benzene rings is 12. The standard InChI is InChI=1S/C28H36.2C26H32.C20H20.C19H18.C18H16/c1-19(2)8-6-9-20(3)15-17-28-16-7-10-23-22(5)12-14-25(27(23)28)24-13-11-21(4)18-26(24)28;1-5-7-9-20(6-2)17-26-15-8-10-21-19(4)12-14-23(25(21)26)22-13-11-18(3)16-24(22)26;1-4-5-6-7-8-9-16-26-17-10-11-21-20(3)13-15-23(25(21)26)22-14-12-19(2)18-24(22)26;1-4-20-11-5-6-15-14(3)8-10-17(19(15)20)16-9-7-13(2)12-18(16)20;1-12-6-8-15-16-9-7-13(2)14-5-4-10-19(3,18(14)16)17(15)11-12;1-11-6-8-14-16-9-7-12(2)13-4-3-5-15(18(13)16)17(14)10-11/h7,10-14,18-20H,6,8-9,15-17H2,1-5H3;8,10-14,16,20H,5-7,9,15,17H2,1-4H3;10-15,18H,4-9,16-17H2,1-3H3;5-10,12H,4,11H2,1-3H3;4-9,11H,10H2,1-3H3;3-4,6-10,15H,5H2,1-2H3. The van der Waals surface area contributed by atoms with E-state index in [-0.39, 0.29) is 27.1 Å². The van der Waals surface area contributed by atoms with Crippen LogP contribution in [0.2, 0.25) is 0 Å². The molecule has 0 bridgehead atoms. The molecule has 0 heteroatoms. The minimum Gasteiger partial charge on any atom is -0.0830 e. The molecule has 0 aromatic heterocycles. The van der Waals surface area contributed by atoms with E-state index in [0.29, 0.717) is 5.92 Å². The first-order valence-corrected chi connectivity index (χ1v) is 53.8.